The normalized spacial score (nSPS) is 24.6. The quantitative estimate of drug-likeness (QED) is 0.871. The van der Waals surface area contributed by atoms with Gasteiger partial charge in [-0.2, -0.15) is 0 Å². The minimum atomic E-state index is 0.341. The van der Waals surface area contributed by atoms with Gasteiger partial charge in [-0.15, -0.1) is 11.3 Å². The fourth-order valence-electron chi connectivity index (χ4n) is 2.38. The molecule has 5 heteroatoms. The molecule has 0 aromatic carbocycles. The van der Waals surface area contributed by atoms with Gasteiger partial charge in [0.15, 0.2) is 5.13 Å². The topological polar surface area (TPSA) is 37.4 Å². The summed E-state index contributed by atoms with van der Waals surface area (Å²) in [5.41, 5.74) is 0. The first kappa shape index (κ1) is 14.8. The summed E-state index contributed by atoms with van der Waals surface area (Å²) in [6, 6.07) is 0.547. The summed E-state index contributed by atoms with van der Waals surface area (Å²) >= 11 is 1.78. The third kappa shape index (κ3) is 4.16. The molecule has 0 spiro atoms. The highest BCUT2D eigenvalue weighted by molar-refractivity contribution is 7.15. The second-order valence-corrected chi connectivity index (χ2v) is 6.31. The van der Waals surface area contributed by atoms with Gasteiger partial charge < -0.3 is 10.1 Å². The van der Waals surface area contributed by atoms with Crippen molar-refractivity contribution in [2.45, 2.75) is 52.3 Å². The average Bonchev–Trinajstić information content (AvgIpc) is 2.84. The molecule has 2 heterocycles. The molecule has 2 unspecified atom stereocenters. The highest BCUT2D eigenvalue weighted by Crippen LogP contribution is 2.23. The van der Waals surface area contributed by atoms with E-state index < -0.39 is 0 Å². The number of nitrogens with zero attached hydrogens (tertiary/aromatic N) is 2. The van der Waals surface area contributed by atoms with Crippen molar-refractivity contribution in [3.8, 4) is 0 Å². The van der Waals surface area contributed by atoms with Crippen molar-refractivity contribution in [2.75, 3.05) is 25.0 Å². The standard InChI is InChI=1S/C14H25N3OS/c1-4-6-15-14-16-7-13(19-14)9-17-8-11(3)18-10-12(17)5-2/h7,11-12H,4-6,8-10H2,1-3H3,(H,15,16). The van der Waals surface area contributed by atoms with Crippen LogP contribution in [0, 0.1) is 0 Å². The van der Waals surface area contributed by atoms with Crippen molar-refractivity contribution < 1.29 is 4.74 Å². The van der Waals surface area contributed by atoms with Gasteiger partial charge in [0.1, 0.15) is 0 Å². The van der Waals surface area contributed by atoms with Crippen molar-refractivity contribution >= 4 is 16.5 Å². The summed E-state index contributed by atoms with van der Waals surface area (Å²) in [7, 11) is 0. The Balaban J connectivity index is 1.92. The Morgan fingerprint density at radius 1 is 1.53 bits per heavy atom. The molecule has 0 amide bonds. The highest BCUT2D eigenvalue weighted by atomic mass is 32.1. The molecule has 0 bridgehead atoms. The lowest BCUT2D eigenvalue weighted by molar-refractivity contribution is -0.0588. The first-order valence-electron chi connectivity index (χ1n) is 7.27. The first-order valence-corrected chi connectivity index (χ1v) is 8.08. The SMILES string of the molecule is CCCNc1ncc(CN2CC(C)OCC2CC)s1. The van der Waals surface area contributed by atoms with E-state index in [1.54, 1.807) is 11.3 Å². The maximum Gasteiger partial charge on any atom is 0.182 e. The Bertz CT molecular complexity index is 383. The van der Waals surface area contributed by atoms with Crippen LogP contribution < -0.4 is 5.32 Å². The number of ether oxygens (including phenoxy) is 1. The number of rotatable bonds is 6. The molecule has 1 N–H and O–H groups in total. The van der Waals surface area contributed by atoms with Crippen molar-refractivity contribution in [1.82, 2.24) is 9.88 Å². The molecule has 1 aromatic heterocycles. The summed E-state index contributed by atoms with van der Waals surface area (Å²) in [6.45, 7) is 10.4. The number of anilines is 1. The van der Waals surface area contributed by atoms with E-state index in [9.17, 15) is 0 Å². The van der Waals surface area contributed by atoms with Gasteiger partial charge >= 0.3 is 0 Å². The molecular weight excluding hydrogens is 258 g/mol. The zero-order valence-electron chi connectivity index (χ0n) is 12.2. The molecule has 0 radical (unpaired) electrons. The minimum Gasteiger partial charge on any atom is -0.376 e. The van der Waals surface area contributed by atoms with Crippen molar-refractivity contribution in [2.24, 2.45) is 0 Å². The molecule has 19 heavy (non-hydrogen) atoms. The Morgan fingerprint density at radius 2 is 2.37 bits per heavy atom. The smallest absolute Gasteiger partial charge is 0.182 e. The second kappa shape index (κ2) is 7.22. The zero-order valence-corrected chi connectivity index (χ0v) is 13.0. The Hall–Kier alpha value is -0.650. The fraction of sp³-hybridized carbons (Fsp3) is 0.786. The van der Waals surface area contributed by atoms with Crippen LogP contribution in [0.5, 0.6) is 0 Å². The number of hydrogen-bond acceptors (Lipinski definition) is 5. The molecule has 2 atom stereocenters. The van der Waals surface area contributed by atoms with Gasteiger partial charge in [0.05, 0.1) is 12.7 Å². The van der Waals surface area contributed by atoms with E-state index in [1.165, 1.54) is 4.88 Å². The third-order valence-corrected chi connectivity index (χ3v) is 4.43. The van der Waals surface area contributed by atoms with Crippen LogP contribution in [0.25, 0.3) is 0 Å². The number of aromatic nitrogens is 1. The van der Waals surface area contributed by atoms with E-state index in [0.29, 0.717) is 12.1 Å². The van der Waals surface area contributed by atoms with Crippen LogP contribution in [-0.2, 0) is 11.3 Å². The van der Waals surface area contributed by atoms with Crippen LogP contribution in [0.3, 0.4) is 0 Å². The molecule has 1 fully saturated rings. The lowest BCUT2D eigenvalue weighted by atomic mass is 10.1. The fourth-order valence-corrected chi connectivity index (χ4v) is 3.24. The number of hydrogen-bond donors (Lipinski definition) is 1. The van der Waals surface area contributed by atoms with Gasteiger partial charge in [0.2, 0.25) is 0 Å². The van der Waals surface area contributed by atoms with E-state index in [0.717, 1.165) is 44.2 Å². The summed E-state index contributed by atoms with van der Waals surface area (Å²) in [5, 5.41) is 4.40. The number of nitrogens with one attached hydrogen (secondary N) is 1. The van der Waals surface area contributed by atoms with Gasteiger partial charge in [-0.3, -0.25) is 4.90 Å². The molecule has 4 nitrogen and oxygen atoms in total. The van der Waals surface area contributed by atoms with Gasteiger partial charge in [0.25, 0.3) is 0 Å². The average molecular weight is 283 g/mol. The van der Waals surface area contributed by atoms with E-state index in [1.807, 2.05) is 6.20 Å². The van der Waals surface area contributed by atoms with E-state index in [-0.39, 0.29) is 0 Å². The van der Waals surface area contributed by atoms with Gasteiger partial charge in [-0.25, -0.2) is 4.98 Å². The highest BCUT2D eigenvalue weighted by Gasteiger charge is 2.25. The predicted octanol–water partition coefficient (Wildman–Crippen LogP) is 2.96. The summed E-state index contributed by atoms with van der Waals surface area (Å²) in [4.78, 5) is 8.31. The monoisotopic (exact) mass is 283 g/mol. The van der Waals surface area contributed by atoms with Crippen LogP contribution in [0.15, 0.2) is 6.20 Å². The first-order chi connectivity index (χ1) is 9.22. The molecule has 1 aliphatic rings. The van der Waals surface area contributed by atoms with E-state index in [4.69, 9.17) is 4.74 Å². The summed E-state index contributed by atoms with van der Waals surface area (Å²) in [5.74, 6) is 0. The minimum absolute atomic E-state index is 0.341. The molecule has 0 aliphatic carbocycles. The molecular formula is C14H25N3OS. The van der Waals surface area contributed by atoms with Crippen LogP contribution in [0.1, 0.15) is 38.5 Å². The summed E-state index contributed by atoms with van der Waals surface area (Å²) < 4.78 is 5.74. The lowest BCUT2D eigenvalue weighted by Gasteiger charge is -2.37. The van der Waals surface area contributed by atoms with Crippen molar-refractivity contribution in [3.63, 3.8) is 0 Å². The van der Waals surface area contributed by atoms with Crippen molar-refractivity contribution in [1.29, 1.82) is 0 Å². The van der Waals surface area contributed by atoms with Gasteiger partial charge in [0, 0.05) is 36.8 Å². The molecule has 1 aromatic rings. The largest absolute Gasteiger partial charge is 0.376 e. The molecule has 2 rings (SSSR count). The molecule has 1 saturated heterocycles. The van der Waals surface area contributed by atoms with Crippen LogP contribution >= 0.6 is 11.3 Å². The Kier molecular flexibility index (Phi) is 5.60. The van der Waals surface area contributed by atoms with Crippen LogP contribution in [-0.4, -0.2) is 41.7 Å². The molecule has 108 valence electrons. The molecule has 1 aliphatic heterocycles. The van der Waals surface area contributed by atoms with Crippen LogP contribution in [0.4, 0.5) is 5.13 Å². The van der Waals surface area contributed by atoms with Gasteiger partial charge in [-0.05, 0) is 19.8 Å². The number of thiazole rings is 1. The van der Waals surface area contributed by atoms with E-state index >= 15 is 0 Å². The zero-order chi connectivity index (χ0) is 13.7. The van der Waals surface area contributed by atoms with Gasteiger partial charge in [-0.1, -0.05) is 13.8 Å². The number of morpholine rings is 1. The Morgan fingerprint density at radius 3 is 3.11 bits per heavy atom. The molecule has 0 saturated carbocycles. The third-order valence-electron chi connectivity index (χ3n) is 3.49. The van der Waals surface area contributed by atoms with Crippen LogP contribution in [0.2, 0.25) is 0 Å². The predicted molar refractivity (Wildman–Crippen MR) is 80.8 cm³/mol. The maximum absolute atomic E-state index is 5.74. The lowest BCUT2D eigenvalue weighted by Crippen LogP contribution is -2.47. The second-order valence-electron chi connectivity index (χ2n) is 5.19. The summed E-state index contributed by atoms with van der Waals surface area (Å²) in [6.07, 6.45) is 4.63. The Labute approximate surface area is 120 Å². The maximum atomic E-state index is 5.74. The van der Waals surface area contributed by atoms with Crippen molar-refractivity contribution in [3.05, 3.63) is 11.1 Å². The van der Waals surface area contributed by atoms with E-state index in [2.05, 4.69) is 36.0 Å².